The molecule has 0 bridgehead atoms. The maximum atomic E-state index is 11.9. The maximum Gasteiger partial charge on any atom is 0.419 e. The summed E-state index contributed by atoms with van der Waals surface area (Å²) < 4.78 is 12.7. The fourth-order valence-electron chi connectivity index (χ4n) is 3.09. The normalized spacial score (nSPS) is 23.8. The Balaban J connectivity index is 1.96. The molecule has 0 aliphatic carbocycles. The molecule has 0 spiro atoms. The lowest BCUT2D eigenvalue weighted by atomic mass is 9.93. The van der Waals surface area contributed by atoms with E-state index < -0.39 is 0 Å². The van der Waals surface area contributed by atoms with Crippen molar-refractivity contribution >= 4 is 11.1 Å². The zero-order valence-electron chi connectivity index (χ0n) is 12.5. The number of aryl methyl sites for hydroxylation is 1. The molecule has 2 heterocycles. The highest BCUT2D eigenvalue weighted by atomic mass is 16.5. The van der Waals surface area contributed by atoms with E-state index in [2.05, 4.69) is 6.92 Å². The van der Waals surface area contributed by atoms with Crippen molar-refractivity contribution < 1.29 is 9.15 Å². The Bertz CT molecular complexity index is 688. The molecule has 3 atom stereocenters. The summed E-state index contributed by atoms with van der Waals surface area (Å²) in [6.45, 7) is 5.63. The van der Waals surface area contributed by atoms with Gasteiger partial charge in [-0.05, 0) is 36.5 Å². The van der Waals surface area contributed by atoms with Crippen LogP contribution < -0.4 is 11.5 Å². The molecule has 2 N–H and O–H groups in total. The fourth-order valence-corrected chi connectivity index (χ4v) is 3.09. The summed E-state index contributed by atoms with van der Waals surface area (Å²) in [4.78, 5) is 11.9. The van der Waals surface area contributed by atoms with Crippen LogP contribution in [0.25, 0.3) is 11.1 Å². The summed E-state index contributed by atoms with van der Waals surface area (Å²) in [7, 11) is 0. The van der Waals surface area contributed by atoms with Crippen LogP contribution in [-0.4, -0.2) is 17.3 Å². The Morgan fingerprint density at radius 1 is 1.48 bits per heavy atom. The van der Waals surface area contributed by atoms with E-state index in [1.807, 2.05) is 25.1 Å². The second kappa shape index (κ2) is 5.66. The van der Waals surface area contributed by atoms with Crippen molar-refractivity contribution in [1.82, 2.24) is 4.57 Å². The smallest absolute Gasteiger partial charge is 0.408 e. The molecule has 1 fully saturated rings. The number of nitrogens with two attached hydrogens (primary N) is 1. The summed E-state index contributed by atoms with van der Waals surface area (Å²) in [6.07, 6.45) is 1.97. The van der Waals surface area contributed by atoms with E-state index in [0.717, 1.165) is 30.5 Å². The predicted octanol–water partition coefficient (Wildman–Crippen LogP) is 2.43. The van der Waals surface area contributed by atoms with Gasteiger partial charge in [0.2, 0.25) is 0 Å². The second-order valence-electron chi connectivity index (χ2n) is 5.87. The number of benzene rings is 1. The number of hydrogen-bond donors (Lipinski definition) is 1. The quantitative estimate of drug-likeness (QED) is 0.938. The Morgan fingerprint density at radius 3 is 2.95 bits per heavy atom. The Morgan fingerprint density at radius 2 is 2.29 bits per heavy atom. The molecule has 21 heavy (non-hydrogen) atoms. The number of aromatic nitrogens is 1. The van der Waals surface area contributed by atoms with Crippen molar-refractivity contribution in [1.29, 1.82) is 0 Å². The molecular formula is C16H22N2O3. The lowest BCUT2D eigenvalue weighted by molar-refractivity contribution is 0.0725. The highest BCUT2D eigenvalue weighted by Crippen LogP contribution is 2.30. The number of oxazole rings is 1. The number of hydrogen-bond acceptors (Lipinski definition) is 4. The molecule has 1 saturated heterocycles. The van der Waals surface area contributed by atoms with Gasteiger partial charge >= 0.3 is 5.76 Å². The largest absolute Gasteiger partial charge is 0.419 e. The zero-order valence-corrected chi connectivity index (χ0v) is 12.5. The summed E-state index contributed by atoms with van der Waals surface area (Å²) in [5.74, 6) is 0.149. The molecule has 1 aromatic heterocycles. The lowest BCUT2D eigenvalue weighted by Gasteiger charge is -2.22. The van der Waals surface area contributed by atoms with Gasteiger partial charge in [0.05, 0.1) is 17.7 Å². The number of nitrogens with zero attached hydrogens (tertiary/aromatic N) is 1. The first kappa shape index (κ1) is 14.4. The fraction of sp³-hybridized carbons (Fsp3) is 0.562. The van der Waals surface area contributed by atoms with Crippen LogP contribution in [0.1, 0.15) is 38.3 Å². The van der Waals surface area contributed by atoms with Crippen molar-refractivity contribution in [3.63, 3.8) is 0 Å². The minimum absolute atomic E-state index is 0.0342. The molecule has 1 aliphatic heterocycles. The molecule has 1 aromatic carbocycles. The number of fused-ring (bicyclic) bond motifs is 1. The van der Waals surface area contributed by atoms with Crippen LogP contribution in [0, 0.1) is 5.92 Å². The third-order valence-electron chi connectivity index (χ3n) is 4.32. The van der Waals surface area contributed by atoms with Crippen molar-refractivity contribution in [2.24, 2.45) is 11.7 Å². The van der Waals surface area contributed by atoms with E-state index >= 15 is 0 Å². The van der Waals surface area contributed by atoms with Crippen LogP contribution in [0.5, 0.6) is 0 Å². The van der Waals surface area contributed by atoms with E-state index in [1.165, 1.54) is 0 Å². The molecule has 5 nitrogen and oxygen atoms in total. The topological polar surface area (TPSA) is 70.4 Å². The minimum atomic E-state index is -0.303. The average Bonchev–Trinajstić information content (AvgIpc) is 3.02. The second-order valence-corrected chi connectivity index (χ2v) is 5.87. The van der Waals surface area contributed by atoms with Crippen molar-refractivity contribution in [2.75, 3.05) is 6.61 Å². The van der Waals surface area contributed by atoms with Crippen LogP contribution >= 0.6 is 0 Å². The third kappa shape index (κ3) is 2.51. The standard InChI is InChI=1S/C16H22N2O3/c1-3-7-18-12-5-4-11(9-13(12)21-16(18)19)14(17)15-10(2)6-8-20-15/h4-5,9-10,14-15H,3,6-8,17H2,1-2H3. The first-order chi connectivity index (χ1) is 10.1. The monoisotopic (exact) mass is 290 g/mol. The summed E-state index contributed by atoms with van der Waals surface area (Å²) in [5, 5.41) is 0. The molecule has 0 radical (unpaired) electrons. The molecule has 5 heteroatoms. The Kier molecular flexibility index (Phi) is 3.87. The summed E-state index contributed by atoms with van der Waals surface area (Å²) in [5.41, 5.74) is 8.73. The Labute approximate surface area is 123 Å². The van der Waals surface area contributed by atoms with E-state index in [-0.39, 0.29) is 17.9 Å². The van der Waals surface area contributed by atoms with Crippen LogP contribution in [-0.2, 0) is 11.3 Å². The van der Waals surface area contributed by atoms with Gasteiger partial charge in [-0.25, -0.2) is 4.79 Å². The molecule has 2 aromatic rings. The molecule has 3 unspecified atom stereocenters. The van der Waals surface area contributed by atoms with Crippen molar-refractivity contribution in [3.8, 4) is 0 Å². The van der Waals surface area contributed by atoms with E-state index in [0.29, 0.717) is 18.0 Å². The first-order valence-corrected chi connectivity index (χ1v) is 7.62. The molecule has 0 saturated carbocycles. The van der Waals surface area contributed by atoms with Gasteiger partial charge in [0, 0.05) is 13.2 Å². The predicted molar refractivity (Wildman–Crippen MR) is 81.2 cm³/mol. The summed E-state index contributed by atoms with van der Waals surface area (Å²) in [6, 6.07) is 5.58. The Hall–Kier alpha value is -1.59. The minimum Gasteiger partial charge on any atom is -0.408 e. The van der Waals surface area contributed by atoms with Crippen LogP contribution in [0.15, 0.2) is 27.4 Å². The SMILES string of the molecule is CCCn1c(=O)oc2cc(C(N)C3OCCC3C)ccc21. The third-order valence-corrected chi connectivity index (χ3v) is 4.32. The molecular weight excluding hydrogens is 268 g/mol. The van der Waals surface area contributed by atoms with Gasteiger partial charge in [-0.3, -0.25) is 4.57 Å². The van der Waals surface area contributed by atoms with Crippen molar-refractivity contribution in [2.45, 2.75) is 45.4 Å². The van der Waals surface area contributed by atoms with Gasteiger partial charge in [-0.15, -0.1) is 0 Å². The highest BCUT2D eigenvalue weighted by Gasteiger charge is 2.31. The van der Waals surface area contributed by atoms with Gasteiger partial charge in [0.1, 0.15) is 0 Å². The molecule has 3 rings (SSSR count). The van der Waals surface area contributed by atoms with E-state index in [9.17, 15) is 4.79 Å². The van der Waals surface area contributed by atoms with Crippen LogP contribution in [0.2, 0.25) is 0 Å². The zero-order chi connectivity index (χ0) is 15.0. The molecule has 0 amide bonds. The molecule has 114 valence electrons. The van der Waals surface area contributed by atoms with Crippen LogP contribution in [0.4, 0.5) is 0 Å². The van der Waals surface area contributed by atoms with Gasteiger partial charge in [-0.2, -0.15) is 0 Å². The van der Waals surface area contributed by atoms with Crippen molar-refractivity contribution in [3.05, 3.63) is 34.3 Å². The first-order valence-electron chi connectivity index (χ1n) is 7.62. The van der Waals surface area contributed by atoms with E-state index in [1.54, 1.807) is 4.57 Å². The number of ether oxygens (including phenoxy) is 1. The van der Waals surface area contributed by atoms with Gasteiger partial charge in [0.25, 0.3) is 0 Å². The maximum absolute atomic E-state index is 11.9. The van der Waals surface area contributed by atoms with Crippen LogP contribution in [0.3, 0.4) is 0 Å². The summed E-state index contributed by atoms with van der Waals surface area (Å²) >= 11 is 0. The van der Waals surface area contributed by atoms with Gasteiger partial charge in [-0.1, -0.05) is 19.9 Å². The number of rotatable bonds is 4. The van der Waals surface area contributed by atoms with Gasteiger partial charge in [0.15, 0.2) is 5.58 Å². The average molecular weight is 290 g/mol. The van der Waals surface area contributed by atoms with E-state index in [4.69, 9.17) is 14.9 Å². The lowest BCUT2D eigenvalue weighted by Crippen LogP contribution is -2.29. The van der Waals surface area contributed by atoms with Gasteiger partial charge < -0.3 is 14.9 Å². The molecule has 1 aliphatic rings. The highest BCUT2D eigenvalue weighted by molar-refractivity contribution is 5.74.